The van der Waals surface area contributed by atoms with Crippen molar-refractivity contribution in [2.75, 3.05) is 52.4 Å². The van der Waals surface area contributed by atoms with Gasteiger partial charge in [-0.25, -0.2) is 0 Å². The average molecular weight is 329 g/mol. The molecule has 0 N–H and O–H groups in total. The highest BCUT2D eigenvalue weighted by molar-refractivity contribution is 4.88. The molecule has 0 aliphatic heterocycles. The van der Waals surface area contributed by atoms with Gasteiger partial charge in [-0.3, -0.25) is 0 Å². The summed E-state index contributed by atoms with van der Waals surface area (Å²) >= 11 is 0. The Morgan fingerprint density at radius 1 is 0.375 bits per heavy atom. The molecule has 0 amide bonds. The molecule has 0 spiro atoms. The Hall–Kier alpha value is -1.90. The second kappa shape index (κ2) is 12.5. The summed E-state index contributed by atoms with van der Waals surface area (Å²) in [6.07, 6.45) is 16.4. The van der Waals surface area contributed by atoms with Crippen molar-refractivity contribution < 1.29 is 8.97 Å². The minimum absolute atomic E-state index is 0.886. The summed E-state index contributed by atoms with van der Waals surface area (Å²) in [5.41, 5.74) is 0. The zero-order chi connectivity index (χ0) is 18.3. The molecular formula is C22H36N2+2. The van der Waals surface area contributed by atoms with Crippen molar-refractivity contribution in [3.05, 3.63) is 88.1 Å². The van der Waals surface area contributed by atoms with Gasteiger partial charge in [-0.1, -0.05) is 39.5 Å². The van der Waals surface area contributed by atoms with Crippen LogP contribution in [0.2, 0.25) is 0 Å². The fraction of sp³-hybridized carbons (Fsp3) is 0.364. The molecule has 0 saturated heterocycles. The number of nitrogens with zero attached hydrogens (tertiary/aromatic N) is 2. The van der Waals surface area contributed by atoms with E-state index in [1.54, 1.807) is 0 Å². The van der Waals surface area contributed by atoms with Gasteiger partial charge in [-0.05, 0) is 48.6 Å². The van der Waals surface area contributed by atoms with Crippen LogP contribution in [0.1, 0.15) is 0 Å². The quantitative estimate of drug-likeness (QED) is 0.293. The molecule has 0 rings (SSSR count). The van der Waals surface area contributed by atoms with E-state index in [9.17, 15) is 0 Å². The molecule has 2 heteroatoms. The molecule has 0 aliphatic rings. The van der Waals surface area contributed by atoms with E-state index in [1.165, 1.54) is 0 Å². The lowest BCUT2D eigenvalue weighted by atomic mass is 10.2. The van der Waals surface area contributed by atoms with Gasteiger partial charge in [0.25, 0.3) is 0 Å². The van der Waals surface area contributed by atoms with Crippen LogP contribution in [0.5, 0.6) is 0 Å². The van der Waals surface area contributed by atoms with Gasteiger partial charge in [-0.15, -0.1) is 0 Å². The predicted octanol–water partition coefficient (Wildman–Crippen LogP) is 4.29. The molecule has 0 fully saturated rings. The lowest BCUT2D eigenvalue weighted by Gasteiger charge is -2.36. The standard InChI is InChI=1S/C22H36N2/c1-7-15-23(16-8-2,17-9-3)21-13-14-22-24(18-10-4,19-11-5)20-12-6/h7-14H,1-6,15-22H2/q+2/b14-13-. The maximum Gasteiger partial charge on any atom is 0.0983 e. The Balaban J connectivity index is 5.09. The molecule has 0 atom stereocenters. The fourth-order valence-corrected chi connectivity index (χ4v) is 3.13. The third-order valence-electron chi connectivity index (χ3n) is 4.25. The molecule has 0 saturated carbocycles. The van der Waals surface area contributed by atoms with E-state index < -0.39 is 0 Å². The molecule has 0 heterocycles. The maximum absolute atomic E-state index is 3.91. The molecule has 0 bridgehead atoms. The van der Waals surface area contributed by atoms with E-state index in [4.69, 9.17) is 0 Å². The van der Waals surface area contributed by atoms with E-state index in [-0.39, 0.29) is 0 Å². The highest BCUT2D eigenvalue weighted by Crippen LogP contribution is 2.11. The van der Waals surface area contributed by atoms with E-state index in [2.05, 4.69) is 51.6 Å². The van der Waals surface area contributed by atoms with Crippen molar-refractivity contribution in [3.8, 4) is 0 Å². The Morgan fingerprint density at radius 2 is 0.583 bits per heavy atom. The molecular weight excluding hydrogens is 292 g/mol. The minimum atomic E-state index is 0.886. The number of quaternary nitrogens is 2. The molecule has 0 radical (unpaired) electrons. The van der Waals surface area contributed by atoms with Crippen molar-refractivity contribution in [2.24, 2.45) is 0 Å². The first-order chi connectivity index (χ1) is 11.6. The lowest BCUT2D eigenvalue weighted by Crippen LogP contribution is -2.49. The first kappa shape index (κ1) is 22.1. The maximum atomic E-state index is 3.91. The molecule has 24 heavy (non-hydrogen) atoms. The van der Waals surface area contributed by atoms with Gasteiger partial charge in [0.1, 0.15) is 0 Å². The van der Waals surface area contributed by atoms with Crippen LogP contribution in [0, 0.1) is 0 Å². The average Bonchev–Trinajstić information content (AvgIpc) is 2.53. The van der Waals surface area contributed by atoms with Gasteiger partial charge in [0.2, 0.25) is 0 Å². The van der Waals surface area contributed by atoms with Crippen LogP contribution < -0.4 is 0 Å². The van der Waals surface area contributed by atoms with Crippen molar-refractivity contribution >= 4 is 0 Å². The van der Waals surface area contributed by atoms with Crippen LogP contribution in [0.25, 0.3) is 0 Å². The zero-order valence-electron chi connectivity index (χ0n) is 15.4. The molecule has 0 unspecified atom stereocenters. The van der Waals surface area contributed by atoms with Crippen molar-refractivity contribution in [1.82, 2.24) is 0 Å². The highest BCUT2D eigenvalue weighted by atomic mass is 15.3. The smallest absolute Gasteiger partial charge is 0.0983 e. The summed E-state index contributed by atoms with van der Waals surface area (Å²) in [6, 6.07) is 0. The van der Waals surface area contributed by atoms with E-state index >= 15 is 0 Å². The van der Waals surface area contributed by atoms with Gasteiger partial charge in [0.05, 0.1) is 52.4 Å². The van der Waals surface area contributed by atoms with E-state index in [0.717, 1.165) is 61.3 Å². The molecule has 0 aromatic carbocycles. The third-order valence-corrected chi connectivity index (χ3v) is 4.25. The van der Waals surface area contributed by atoms with Gasteiger partial charge in [0, 0.05) is 0 Å². The Kier molecular flexibility index (Phi) is 11.5. The first-order valence-corrected chi connectivity index (χ1v) is 8.58. The summed E-state index contributed by atoms with van der Waals surface area (Å²) < 4.78 is 1.77. The van der Waals surface area contributed by atoms with Crippen LogP contribution >= 0.6 is 0 Å². The Morgan fingerprint density at radius 3 is 0.750 bits per heavy atom. The van der Waals surface area contributed by atoms with Crippen LogP contribution in [-0.4, -0.2) is 61.3 Å². The second-order valence-corrected chi connectivity index (χ2v) is 6.35. The van der Waals surface area contributed by atoms with Crippen molar-refractivity contribution in [2.45, 2.75) is 0 Å². The van der Waals surface area contributed by atoms with Crippen LogP contribution in [-0.2, 0) is 0 Å². The van der Waals surface area contributed by atoms with Gasteiger partial charge in [0.15, 0.2) is 0 Å². The third kappa shape index (κ3) is 7.58. The van der Waals surface area contributed by atoms with Gasteiger partial charge < -0.3 is 8.97 Å². The van der Waals surface area contributed by atoms with E-state index in [0.29, 0.717) is 0 Å². The SMILES string of the molecule is C=CC[N+](CC=C)(CC=C)C/C=C\C[N+](CC=C)(CC=C)CC=C. The first-order valence-electron chi connectivity index (χ1n) is 8.58. The topological polar surface area (TPSA) is 0 Å². The lowest BCUT2D eigenvalue weighted by molar-refractivity contribution is -0.908. The van der Waals surface area contributed by atoms with Crippen LogP contribution in [0.4, 0.5) is 0 Å². The molecule has 2 nitrogen and oxygen atoms in total. The fourth-order valence-electron chi connectivity index (χ4n) is 3.13. The minimum Gasteiger partial charge on any atom is -0.311 e. The zero-order valence-corrected chi connectivity index (χ0v) is 15.4. The predicted molar refractivity (Wildman–Crippen MR) is 110 cm³/mol. The van der Waals surface area contributed by atoms with Gasteiger partial charge in [-0.2, -0.15) is 0 Å². The largest absolute Gasteiger partial charge is 0.311 e. The van der Waals surface area contributed by atoms with Crippen molar-refractivity contribution in [1.29, 1.82) is 0 Å². The number of hydrogen-bond acceptors (Lipinski definition) is 0. The normalized spacial score (nSPS) is 11.8. The van der Waals surface area contributed by atoms with Crippen LogP contribution in [0.15, 0.2) is 88.1 Å². The van der Waals surface area contributed by atoms with E-state index in [1.807, 2.05) is 36.5 Å². The number of hydrogen-bond donors (Lipinski definition) is 0. The summed E-state index contributed by atoms with van der Waals surface area (Å²) in [7, 11) is 0. The molecule has 0 aromatic rings. The monoisotopic (exact) mass is 328 g/mol. The van der Waals surface area contributed by atoms with Crippen LogP contribution in [0.3, 0.4) is 0 Å². The summed E-state index contributed by atoms with van der Waals surface area (Å²) in [5.74, 6) is 0. The molecule has 0 aliphatic carbocycles. The van der Waals surface area contributed by atoms with Gasteiger partial charge >= 0.3 is 0 Å². The summed E-state index contributed by atoms with van der Waals surface area (Å²) in [6.45, 7) is 30.8. The molecule has 132 valence electrons. The highest BCUT2D eigenvalue weighted by Gasteiger charge is 2.23. The Labute approximate surface area is 150 Å². The molecule has 0 aromatic heterocycles. The van der Waals surface area contributed by atoms with Crippen molar-refractivity contribution in [3.63, 3.8) is 0 Å². The Bertz CT molecular complexity index is 362. The number of rotatable bonds is 16. The summed E-state index contributed by atoms with van der Waals surface area (Å²) in [4.78, 5) is 0. The second-order valence-electron chi connectivity index (χ2n) is 6.35. The summed E-state index contributed by atoms with van der Waals surface area (Å²) in [5, 5.41) is 0.